The average Bonchev–Trinajstić information content (AvgIpc) is 2.65. The van der Waals surface area contributed by atoms with Gasteiger partial charge < -0.3 is 20.1 Å². The smallest absolute Gasteiger partial charge is 0.258 e. The molecule has 134 valence electrons. The Morgan fingerprint density at radius 3 is 2.56 bits per heavy atom. The summed E-state index contributed by atoms with van der Waals surface area (Å²) in [7, 11) is 0. The Kier molecular flexibility index (Phi) is 7.10. The largest absolute Gasteiger partial charge is 0.486 e. The van der Waals surface area contributed by atoms with Gasteiger partial charge in [0.05, 0.1) is 5.56 Å². The number of nitrogens with two attached hydrogens (primary N) is 1. The molecule has 0 unspecified atom stereocenters. The molecule has 3 rings (SSSR count). The van der Waals surface area contributed by atoms with Crippen LogP contribution in [0.4, 0.5) is 0 Å². The van der Waals surface area contributed by atoms with Crippen molar-refractivity contribution in [2.75, 3.05) is 26.3 Å². The van der Waals surface area contributed by atoms with Gasteiger partial charge in [0, 0.05) is 13.1 Å². The number of nitrogens with zero attached hydrogens (tertiary/aromatic N) is 1. The van der Waals surface area contributed by atoms with Crippen LogP contribution in [0.5, 0.6) is 11.5 Å². The van der Waals surface area contributed by atoms with E-state index in [0.717, 1.165) is 12.0 Å². The highest BCUT2D eigenvalue weighted by atomic mass is 35.5. The van der Waals surface area contributed by atoms with Crippen molar-refractivity contribution in [3.63, 3.8) is 0 Å². The number of benzene rings is 2. The number of carbonyl (C=O) groups is 1. The van der Waals surface area contributed by atoms with E-state index < -0.39 is 0 Å². The van der Waals surface area contributed by atoms with Gasteiger partial charge >= 0.3 is 0 Å². The number of hydrogen-bond acceptors (Lipinski definition) is 4. The predicted molar refractivity (Wildman–Crippen MR) is 99.5 cm³/mol. The molecule has 0 saturated carbocycles. The van der Waals surface area contributed by atoms with Crippen molar-refractivity contribution < 1.29 is 14.3 Å². The van der Waals surface area contributed by atoms with E-state index in [1.165, 1.54) is 0 Å². The summed E-state index contributed by atoms with van der Waals surface area (Å²) in [5, 5.41) is 0. The molecule has 0 fully saturated rings. The van der Waals surface area contributed by atoms with Gasteiger partial charge in [-0.2, -0.15) is 0 Å². The summed E-state index contributed by atoms with van der Waals surface area (Å²) < 4.78 is 11.3. The van der Waals surface area contributed by atoms with Crippen LogP contribution in [-0.2, 0) is 6.54 Å². The first kappa shape index (κ1) is 19.1. The summed E-state index contributed by atoms with van der Waals surface area (Å²) in [6.07, 6.45) is 0.755. The highest BCUT2D eigenvalue weighted by molar-refractivity contribution is 5.97. The van der Waals surface area contributed by atoms with Crippen molar-refractivity contribution in [1.82, 2.24) is 4.90 Å². The van der Waals surface area contributed by atoms with Crippen molar-refractivity contribution in [2.24, 2.45) is 5.73 Å². The molecule has 1 aliphatic rings. The molecule has 2 N–H and O–H groups in total. The molecular formula is C19H23ClN2O3. The third kappa shape index (κ3) is 4.65. The van der Waals surface area contributed by atoms with Gasteiger partial charge in [-0.3, -0.25) is 4.79 Å². The van der Waals surface area contributed by atoms with E-state index in [-0.39, 0.29) is 18.3 Å². The van der Waals surface area contributed by atoms with Gasteiger partial charge in [-0.05, 0) is 30.7 Å². The molecule has 0 spiro atoms. The molecule has 2 aromatic carbocycles. The first-order valence-corrected chi connectivity index (χ1v) is 8.21. The lowest BCUT2D eigenvalue weighted by atomic mass is 10.1. The zero-order valence-corrected chi connectivity index (χ0v) is 14.8. The second-order valence-corrected chi connectivity index (χ2v) is 5.68. The minimum Gasteiger partial charge on any atom is -0.486 e. The topological polar surface area (TPSA) is 64.8 Å². The van der Waals surface area contributed by atoms with Crippen LogP contribution in [0.25, 0.3) is 0 Å². The molecule has 0 atom stereocenters. The normalized spacial score (nSPS) is 12.2. The molecule has 0 radical (unpaired) electrons. The number of fused-ring (bicyclic) bond motifs is 1. The van der Waals surface area contributed by atoms with Gasteiger partial charge in [0.15, 0.2) is 11.5 Å². The molecule has 1 amide bonds. The third-order valence-corrected chi connectivity index (χ3v) is 3.93. The number of amides is 1. The summed E-state index contributed by atoms with van der Waals surface area (Å²) in [4.78, 5) is 14.9. The fourth-order valence-electron chi connectivity index (χ4n) is 2.75. The van der Waals surface area contributed by atoms with Crippen LogP contribution in [0.2, 0.25) is 0 Å². The monoisotopic (exact) mass is 362 g/mol. The Morgan fingerprint density at radius 2 is 1.80 bits per heavy atom. The SMILES string of the molecule is Cl.NCCCN(Cc1ccccc1)C(=O)c1cccc2c1OCCO2. The Morgan fingerprint density at radius 1 is 1.04 bits per heavy atom. The molecular weight excluding hydrogens is 340 g/mol. The maximum atomic E-state index is 13.1. The Bertz CT molecular complexity index is 694. The van der Waals surface area contributed by atoms with Crippen molar-refractivity contribution in [2.45, 2.75) is 13.0 Å². The van der Waals surface area contributed by atoms with Crippen LogP contribution >= 0.6 is 12.4 Å². The number of hydrogen-bond donors (Lipinski definition) is 1. The minimum atomic E-state index is -0.0605. The highest BCUT2D eigenvalue weighted by Gasteiger charge is 2.24. The van der Waals surface area contributed by atoms with Crippen LogP contribution in [0.1, 0.15) is 22.3 Å². The summed E-state index contributed by atoms with van der Waals surface area (Å²) >= 11 is 0. The van der Waals surface area contributed by atoms with Gasteiger partial charge in [-0.1, -0.05) is 36.4 Å². The molecule has 0 bridgehead atoms. The van der Waals surface area contributed by atoms with Crippen LogP contribution in [0, 0.1) is 0 Å². The minimum absolute atomic E-state index is 0. The van der Waals surface area contributed by atoms with Gasteiger partial charge in [0.2, 0.25) is 0 Å². The van der Waals surface area contributed by atoms with Gasteiger partial charge in [0.25, 0.3) is 5.91 Å². The van der Waals surface area contributed by atoms with Crippen molar-refractivity contribution in [3.05, 3.63) is 59.7 Å². The zero-order chi connectivity index (χ0) is 16.8. The Balaban J connectivity index is 0.00000225. The molecule has 1 aliphatic heterocycles. The maximum absolute atomic E-state index is 13.1. The van der Waals surface area contributed by atoms with E-state index in [1.807, 2.05) is 47.4 Å². The number of carbonyl (C=O) groups excluding carboxylic acids is 1. The zero-order valence-electron chi connectivity index (χ0n) is 14.0. The van der Waals surface area contributed by atoms with Crippen LogP contribution in [0.3, 0.4) is 0 Å². The average molecular weight is 363 g/mol. The third-order valence-electron chi connectivity index (χ3n) is 3.93. The van der Waals surface area contributed by atoms with Crippen LogP contribution < -0.4 is 15.2 Å². The number of para-hydroxylation sites is 1. The van der Waals surface area contributed by atoms with E-state index in [2.05, 4.69) is 0 Å². The molecule has 1 heterocycles. The molecule has 5 nitrogen and oxygen atoms in total. The van der Waals surface area contributed by atoms with E-state index in [1.54, 1.807) is 6.07 Å². The van der Waals surface area contributed by atoms with Crippen molar-refractivity contribution >= 4 is 18.3 Å². The predicted octanol–water partition coefficient (Wildman–Crippen LogP) is 2.87. The molecule has 0 aromatic heterocycles. The van der Waals surface area contributed by atoms with Crippen LogP contribution in [-0.4, -0.2) is 37.1 Å². The van der Waals surface area contributed by atoms with Crippen molar-refractivity contribution in [3.8, 4) is 11.5 Å². The first-order valence-electron chi connectivity index (χ1n) is 8.21. The Hall–Kier alpha value is -2.24. The lowest BCUT2D eigenvalue weighted by molar-refractivity contribution is 0.0731. The van der Waals surface area contributed by atoms with E-state index in [0.29, 0.717) is 49.9 Å². The summed E-state index contributed by atoms with van der Waals surface area (Å²) in [6, 6.07) is 15.4. The maximum Gasteiger partial charge on any atom is 0.258 e. The van der Waals surface area contributed by atoms with E-state index in [9.17, 15) is 4.79 Å². The lowest BCUT2D eigenvalue weighted by Gasteiger charge is -2.26. The summed E-state index contributed by atoms with van der Waals surface area (Å²) in [5.74, 6) is 1.11. The number of halogens is 1. The van der Waals surface area contributed by atoms with Crippen LogP contribution in [0.15, 0.2) is 48.5 Å². The standard InChI is InChI=1S/C19H22N2O3.ClH/c20-10-5-11-21(14-15-6-2-1-3-7-15)19(22)16-8-4-9-17-18(16)24-13-12-23-17;/h1-4,6-9H,5,10-14,20H2;1H. The van der Waals surface area contributed by atoms with E-state index in [4.69, 9.17) is 15.2 Å². The Labute approximate surface area is 154 Å². The molecule has 0 aliphatic carbocycles. The summed E-state index contributed by atoms with van der Waals surface area (Å²) in [5.41, 5.74) is 7.27. The van der Waals surface area contributed by atoms with Gasteiger partial charge in [-0.15, -0.1) is 12.4 Å². The molecule has 0 saturated heterocycles. The van der Waals surface area contributed by atoms with Gasteiger partial charge in [0.1, 0.15) is 13.2 Å². The molecule has 25 heavy (non-hydrogen) atoms. The first-order chi connectivity index (χ1) is 11.8. The summed E-state index contributed by atoms with van der Waals surface area (Å²) in [6.45, 7) is 2.66. The highest BCUT2D eigenvalue weighted by Crippen LogP contribution is 2.34. The quantitative estimate of drug-likeness (QED) is 0.858. The second-order valence-electron chi connectivity index (χ2n) is 5.68. The second kappa shape index (κ2) is 9.30. The van der Waals surface area contributed by atoms with E-state index >= 15 is 0 Å². The molecule has 6 heteroatoms. The number of ether oxygens (including phenoxy) is 2. The molecule has 2 aromatic rings. The van der Waals surface area contributed by atoms with Crippen molar-refractivity contribution in [1.29, 1.82) is 0 Å². The fraction of sp³-hybridized carbons (Fsp3) is 0.316. The fourth-order valence-corrected chi connectivity index (χ4v) is 2.75. The lowest BCUT2D eigenvalue weighted by Crippen LogP contribution is -2.33. The van der Waals surface area contributed by atoms with Gasteiger partial charge in [-0.25, -0.2) is 0 Å². The number of rotatable bonds is 6.